The van der Waals surface area contributed by atoms with Crippen LogP contribution in [0.4, 0.5) is 0 Å². The Morgan fingerprint density at radius 1 is 1.53 bits per heavy atom. The summed E-state index contributed by atoms with van der Waals surface area (Å²) in [6.07, 6.45) is 3.81. The van der Waals surface area contributed by atoms with Crippen LogP contribution in [0.3, 0.4) is 0 Å². The largest absolute Gasteiger partial charge is 0.396 e. The van der Waals surface area contributed by atoms with Crippen molar-refractivity contribution in [3.8, 4) is 0 Å². The SMILES string of the molecule is CCCNC1CCCN(CC(C)CO)C1. The van der Waals surface area contributed by atoms with Crippen molar-refractivity contribution in [3.63, 3.8) is 0 Å². The summed E-state index contributed by atoms with van der Waals surface area (Å²) in [5.41, 5.74) is 0. The third kappa shape index (κ3) is 4.96. The molecule has 2 N–H and O–H groups in total. The van der Waals surface area contributed by atoms with E-state index in [1.807, 2.05) is 0 Å². The lowest BCUT2D eigenvalue weighted by Crippen LogP contribution is -2.47. The molecule has 1 fully saturated rings. The van der Waals surface area contributed by atoms with Gasteiger partial charge >= 0.3 is 0 Å². The Hall–Kier alpha value is -0.120. The van der Waals surface area contributed by atoms with Crippen molar-refractivity contribution in [2.75, 3.05) is 32.8 Å². The first-order valence-corrected chi connectivity index (χ1v) is 6.32. The average Bonchev–Trinajstić information content (AvgIpc) is 2.26. The van der Waals surface area contributed by atoms with Crippen LogP contribution in [-0.4, -0.2) is 48.8 Å². The zero-order valence-electron chi connectivity index (χ0n) is 10.2. The molecule has 0 spiro atoms. The number of nitrogens with one attached hydrogen (secondary N) is 1. The van der Waals surface area contributed by atoms with Gasteiger partial charge in [0.1, 0.15) is 0 Å². The van der Waals surface area contributed by atoms with Crippen LogP contribution in [0, 0.1) is 5.92 Å². The van der Waals surface area contributed by atoms with Gasteiger partial charge < -0.3 is 15.3 Å². The number of piperidine rings is 1. The van der Waals surface area contributed by atoms with Crippen molar-refractivity contribution >= 4 is 0 Å². The highest BCUT2D eigenvalue weighted by atomic mass is 16.3. The lowest BCUT2D eigenvalue weighted by atomic mass is 10.0. The van der Waals surface area contributed by atoms with Gasteiger partial charge in [-0.25, -0.2) is 0 Å². The van der Waals surface area contributed by atoms with Crippen LogP contribution in [-0.2, 0) is 0 Å². The molecule has 1 rings (SSSR count). The molecular weight excluding hydrogens is 188 g/mol. The smallest absolute Gasteiger partial charge is 0.0468 e. The van der Waals surface area contributed by atoms with Gasteiger partial charge in [-0.1, -0.05) is 13.8 Å². The minimum absolute atomic E-state index is 0.309. The van der Waals surface area contributed by atoms with E-state index in [4.69, 9.17) is 5.11 Å². The summed E-state index contributed by atoms with van der Waals surface area (Å²) in [4.78, 5) is 2.48. The summed E-state index contributed by atoms with van der Waals surface area (Å²) in [7, 11) is 0. The standard InChI is InChI=1S/C12H26N2O/c1-3-6-13-12-5-4-7-14(9-12)8-11(2)10-15/h11-13,15H,3-10H2,1-2H3. The highest BCUT2D eigenvalue weighted by Crippen LogP contribution is 2.11. The van der Waals surface area contributed by atoms with Gasteiger partial charge in [-0.2, -0.15) is 0 Å². The molecule has 0 amide bonds. The third-order valence-corrected chi connectivity index (χ3v) is 3.07. The summed E-state index contributed by atoms with van der Waals surface area (Å²) < 4.78 is 0. The zero-order chi connectivity index (χ0) is 11.1. The Balaban J connectivity index is 2.22. The van der Waals surface area contributed by atoms with Crippen molar-refractivity contribution < 1.29 is 5.11 Å². The highest BCUT2D eigenvalue weighted by Gasteiger charge is 2.19. The molecule has 1 aliphatic rings. The molecule has 2 unspecified atom stereocenters. The molecule has 0 bridgehead atoms. The highest BCUT2D eigenvalue weighted by molar-refractivity contribution is 4.78. The predicted molar refractivity (Wildman–Crippen MR) is 64.0 cm³/mol. The summed E-state index contributed by atoms with van der Waals surface area (Å²) in [5, 5.41) is 12.6. The molecule has 1 aliphatic heterocycles. The molecule has 90 valence electrons. The summed E-state index contributed by atoms with van der Waals surface area (Å²) in [6.45, 7) is 9.17. The number of likely N-dealkylation sites (tertiary alicyclic amines) is 1. The van der Waals surface area contributed by atoms with E-state index in [1.54, 1.807) is 0 Å². The minimum atomic E-state index is 0.309. The molecule has 0 saturated carbocycles. The van der Waals surface area contributed by atoms with Crippen LogP contribution in [0.25, 0.3) is 0 Å². The van der Waals surface area contributed by atoms with Gasteiger partial charge in [-0.15, -0.1) is 0 Å². The van der Waals surface area contributed by atoms with Crippen molar-refractivity contribution in [3.05, 3.63) is 0 Å². The van der Waals surface area contributed by atoms with E-state index in [-0.39, 0.29) is 0 Å². The Kier molecular flexibility index (Phi) is 6.22. The van der Waals surface area contributed by atoms with E-state index < -0.39 is 0 Å². The Morgan fingerprint density at radius 3 is 3.00 bits per heavy atom. The van der Waals surface area contributed by atoms with Crippen LogP contribution < -0.4 is 5.32 Å². The van der Waals surface area contributed by atoms with Gasteiger partial charge in [0.2, 0.25) is 0 Å². The van der Waals surface area contributed by atoms with E-state index >= 15 is 0 Å². The van der Waals surface area contributed by atoms with E-state index in [0.29, 0.717) is 18.6 Å². The van der Waals surface area contributed by atoms with Crippen molar-refractivity contribution in [2.45, 2.75) is 39.2 Å². The predicted octanol–water partition coefficient (Wildman–Crippen LogP) is 1.08. The molecule has 3 heteroatoms. The fourth-order valence-electron chi connectivity index (χ4n) is 2.23. The van der Waals surface area contributed by atoms with E-state index in [1.165, 1.54) is 25.8 Å². The van der Waals surface area contributed by atoms with Crippen molar-refractivity contribution in [1.82, 2.24) is 10.2 Å². The number of hydrogen-bond acceptors (Lipinski definition) is 3. The molecule has 1 heterocycles. The van der Waals surface area contributed by atoms with E-state index in [2.05, 4.69) is 24.1 Å². The second-order valence-corrected chi connectivity index (χ2v) is 4.84. The fraction of sp³-hybridized carbons (Fsp3) is 1.00. The summed E-state index contributed by atoms with van der Waals surface area (Å²) >= 11 is 0. The minimum Gasteiger partial charge on any atom is -0.396 e. The first-order valence-electron chi connectivity index (χ1n) is 6.32. The van der Waals surface area contributed by atoms with Gasteiger partial charge in [0.05, 0.1) is 0 Å². The Labute approximate surface area is 93.9 Å². The number of aliphatic hydroxyl groups is 1. The molecule has 3 nitrogen and oxygen atoms in total. The molecule has 15 heavy (non-hydrogen) atoms. The monoisotopic (exact) mass is 214 g/mol. The van der Waals surface area contributed by atoms with E-state index in [0.717, 1.165) is 19.6 Å². The topological polar surface area (TPSA) is 35.5 Å². The first kappa shape index (κ1) is 12.9. The second kappa shape index (κ2) is 7.20. The average molecular weight is 214 g/mol. The van der Waals surface area contributed by atoms with Crippen LogP contribution in [0.15, 0.2) is 0 Å². The quantitative estimate of drug-likeness (QED) is 0.694. The molecule has 0 aromatic heterocycles. The first-order chi connectivity index (χ1) is 7.26. The summed E-state index contributed by atoms with van der Waals surface area (Å²) in [5.74, 6) is 0.412. The molecule has 0 aromatic carbocycles. The van der Waals surface area contributed by atoms with Crippen LogP contribution in [0.2, 0.25) is 0 Å². The molecule has 2 atom stereocenters. The van der Waals surface area contributed by atoms with Crippen LogP contribution in [0.1, 0.15) is 33.1 Å². The fourth-order valence-corrected chi connectivity index (χ4v) is 2.23. The van der Waals surface area contributed by atoms with Gasteiger partial charge in [0.25, 0.3) is 0 Å². The Morgan fingerprint density at radius 2 is 2.33 bits per heavy atom. The van der Waals surface area contributed by atoms with Gasteiger partial charge in [-0.05, 0) is 38.3 Å². The number of rotatable bonds is 6. The maximum absolute atomic E-state index is 9.03. The number of hydrogen-bond donors (Lipinski definition) is 2. The normalized spacial score (nSPS) is 25.4. The maximum Gasteiger partial charge on any atom is 0.0468 e. The van der Waals surface area contributed by atoms with E-state index in [9.17, 15) is 0 Å². The van der Waals surface area contributed by atoms with Gasteiger partial charge in [0.15, 0.2) is 0 Å². The summed E-state index contributed by atoms with van der Waals surface area (Å²) in [6, 6.07) is 0.671. The molecule has 0 aliphatic carbocycles. The van der Waals surface area contributed by atoms with Gasteiger partial charge in [-0.3, -0.25) is 0 Å². The van der Waals surface area contributed by atoms with Crippen molar-refractivity contribution in [2.24, 2.45) is 5.92 Å². The maximum atomic E-state index is 9.03. The van der Waals surface area contributed by atoms with Crippen LogP contribution >= 0.6 is 0 Å². The lowest BCUT2D eigenvalue weighted by Gasteiger charge is -2.34. The van der Waals surface area contributed by atoms with Crippen LogP contribution in [0.5, 0.6) is 0 Å². The van der Waals surface area contributed by atoms with Gasteiger partial charge in [0, 0.05) is 25.7 Å². The third-order valence-electron chi connectivity index (χ3n) is 3.07. The second-order valence-electron chi connectivity index (χ2n) is 4.84. The molecule has 1 saturated heterocycles. The number of nitrogens with zero attached hydrogens (tertiary/aromatic N) is 1. The number of aliphatic hydroxyl groups excluding tert-OH is 1. The Bertz CT molecular complexity index is 164. The van der Waals surface area contributed by atoms with Crippen molar-refractivity contribution in [1.29, 1.82) is 0 Å². The zero-order valence-corrected chi connectivity index (χ0v) is 10.2. The molecule has 0 radical (unpaired) electrons. The molecule has 0 aromatic rings. The lowest BCUT2D eigenvalue weighted by molar-refractivity contribution is 0.138. The molecular formula is C12H26N2O.